The lowest BCUT2D eigenvalue weighted by atomic mass is 10.1. The van der Waals surface area contributed by atoms with Gasteiger partial charge in [-0.05, 0) is 36.4 Å². The zero-order valence-corrected chi connectivity index (χ0v) is 14.1. The van der Waals surface area contributed by atoms with Gasteiger partial charge in [-0.3, -0.25) is 4.79 Å². The van der Waals surface area contributed by atoms with E-state index in [2.05, 4.69) is 6.07 Å². The highest BCUT2D eigenvalue weighted by Gasteiger charge is 2.18. The summed E-state index contributed by atoms with van der Waals surface area (Å²) in [4.78, 5) is 11.8. The number of aromatic nitrogens is 1. The van der Waals surface area contributed by atoms with Crippen LogP contribution in [0.4, 0.5) is 8.78 Å². The van der Waals surface area contributed by atoms with Crippen molar-refractivity contribution >= 4 is 39.3 Å². The van der Waals surface area contributed by atoms with Crippen molar-refractivity contribution in [3.63, 3.8) is 0 Å². The summed E-state index contributed by atoms with van der Waals surface area (Å²) in [6, 6.07) is 15.2. The van der Waals surface area contributed by atoms with Crippen LogP contribution in [0, 0.1) is 17.7 Å². The van der Waals surface area contributed by atoms with Crippen LogP contribution >= 0.6 is 11.6 Å². The van der Waals surface area contributed by atoms with Crippen molar-refractivity contribution < 1.29 is 13.6 Å². The number of rotatable bonds is 3. The summed E-state index contributed by atoms with van der Waals surface area (Å²) in [6.45, 7) is 0.117. The molecule has 2 N–H and O–H groups in total. The molecule has 1 radical (unpaired) electrons. The summed E-state index contributed by atoms with van der Waals surface area (Å²) >= 11 is 5.87. The Labute approximate surface area is 152 Å². The molecule has 0 fully saturated rings. The van der Waals surface area contributed by atoms with Gasteiger partial charge in [-0.15, -0.1) is 0 Å². The van der Waals surface area contributed by atoms with Gasteiger partial charge in [0.05, 0.1) is 22.6 Å². The fourth-order valence-corrected chi connectivity index (χ4v) is 3.44. The minimum absolute atomic E-state index is 0.0128. The molecule has 1 aromatic heterocycles. The van der Waals surface area contributed by atoms with Crippen molar-refractivity contribution in [1.29, 1.82) is 0 Å². The second-order valence-electron chi connectivity index (χ2n) is 5.94. The quantitative estimate of drug-likeness (QED) is 0.560. The second-order valence-corrected chi connectivity index (χ2v) is 6.35. The molecule has 0 atom stereocenters. The minimum Gasteiger partial charge on any atom is -0.366 e. The Kier molecular flexibility index (Phi) is 3.89. The molecule has 0 bridgehead atoms. The van der Waals surface area contributed by atoms with E-state index in [0.717, 1.165) is 0 Å². The van der Waals surface area contributed by atoms with Crippen LogP contribution in [0.2, 0.25) is 5.02 Å². The molecule has 3 nitrogen and oxygen atoms in total. The Balaban J connectivity index is 2.07. The third kappa shape index (κ3) is 2.52. The van der Waals surface area contributed by atoms with Crippen LogP contribution in [0.5, 0.6) is 0 Å². The van der Waals surface area contributed by atoms with Gasteiger partial charge in [0.1, 0.15) is 11.6 Å². The van der Waals surface area contributed by atoms with Crippen molar-refractivity contribution in [3.8, 4) is 0 Å². The summed E-state index contributed by atoms with van der Waals surface area (Å²) in [5.74, 6) is -1.61. The molecule has 0 saturated heterocycles. The first kappa shape index (κ1) is 16.5. The molecule has 0 aliphatic carbocycles. The number of halogens is 3. The SMILES string of the molecule is NC(=O)c1cccc2c1c1[c]cc(F)cc1n2Cc1cccc(Cl)c1F. The van der Waals surface area contributed by atoms with Gasteiger partial charge in [0.2, 0.25) is 5.91 Å². The largest absolute Gasteiger partial charge is 0.366 e. The minimum atomic E-state index is -0.596. The number of fused-ring (bicyclic) bond motifs is 3. The van der Waals surface area contributed by atoms with Crippen LogP contribution in [0.3, 0.4) is 0 Å². The number of primary amides is 1. The molecule has 4 aromatic rings. The van der Waals surface area contributed by atoms with Crippen molar-refractivity contribution in [3.05, 3.63) is 82.4 Å². The van der Waals surface area contributed by atoms with E-state index in [1.54, 1.807) is 34.9 Å². The fourth-order valence-electron chi connectivity index (χ4n) is 3.25. The van der Waals surface area contributed by atoms with Crippen LogP contribution < -0.4 is 5.73 Å². The summed E-state index contributed by atoms with van der Waals surface area (Å²) < 4.78 is 30.0. The summed E-state index contributed by atoms with van der Waals surface area (Å²) in [5.41, 5.74) is 7.28. The molecule has 6 heteroatoms. The van der Waals surface area contributed by atoms with E-state index in [1.807, 2.05) is 0 Å². The Hall–Kier alpha value is -2.92. The highest BCUT2D eigenvalue weighted by molar-refractivity contribution is 6.30. The van der Waals surface area contributed by atoms with Crippen molar-refractivity contribution in [2.75, 3.05) is 0 Å². The molecule has 1 amide bonds. The normalized spacial score (nSPS) is 11.3. The molecule has 0 aliphatic rings. The van der Waals surface area contributed by atoms with Gasteiger partial charge in [-0.25, -0.2) is 8.78 Å². The second kappa shape index (κ2) is 6.11. The first-order valence-electron chi connectivity index (χ1n) is 7.82. The Morgan fingerprint density at radius 3 is 2.69 bits per heavy atom. The maximum atomic E-state index is 14.4. The fraction of sp³-hybridized carbons (Fsp3) is 0.0500. The Morgan fingerprint density at radius 1 is 1.15 bits per heavy atom. The van der Waals surface area contributed by atoms with E-state index in [0.29, 0.717) is 32.9 Å². The number of benzene rings is 3. The first-order chi connectivity index (χ1) is 12.5. The van der Waals surface area contributed by atoms with Crippen LogP contribution in [-0.2, 0) is 6.54 Å². The highest BCUT2D eigenvalue weighted by atomic mass is 35.5. The number of nitrogens with zero attached hydrogens (tertiary/aromatic N) is 1. The molecular weight excluding hydrogens is 358 g/mol. The van der Waals surface area contributed by atoms with Crippen LogP contribution in [0.25, 0.3) is 21.8 Å². The molecule has 0 spiro atoms. The van der Waals surface area contributed by atoms with Gasteiger partial charge < -0.3 is 10.3 Å². The highest BCUT2D eigenvalue weighted by Crippen LogP contribution is 2.33. The maximum absolute atomic E-state index is 14.4. The Morgan fingerprint density at radius 2 is 1.92 bits per heavy atom. The van der Waals surface area contributed by atoms with Crippen LogP contribution in [0.1, 0.15) is 15.9 Å². The van der Waals surface area contributed by atoms with Crippen LogP contribution in [0.15, 0.2) is 48.5 Å². The number of nitrogens with two attached hydrogens (primary N) is 1. The standard InChI is InChI=1S/C20H12ClF2N2O/c21-15-5-1-3-11(19(15)23)10-25-16-6-2-4-14(20(24)26)18(16)13-8-7-12(22)9-17(13)25/h1-7,9H,10H2,(H2,24,26). The number of hydrogen-bond acceptors (Lipinski definition) is 1. The molecule has 129 valence electrons. The number of hydrogen-bond donors (Lipinski definition) is 1. The predicted molar refractivity (Wildman–Crippen MR) is 97.3 cm³/mol. The zero-order valence-electron chi connectivity index (χ0n) is 13.4. The summed E-state index contributed by atoms with van der Waals surface area (Å²) in [6.07, 6.45) is 0. The van der Waals surface area contributed by atoms with Crippen molar-refractivity contribution in [1.82, 2.24) is 4.57 Å². The van der Waals surface area contributed by atoms with E-state index in [4.69, 9.17) is 17.3 Å². The number of carbonyl (C=O) groups is 1. The molecule has 4 rings (SSSR count). The number of carbonyl (C=O) groups excluding carboxylic acids is 1. The monoisotopic (exact) mass is 369 g/mol. The average molecular weight is 370 g/mol. The van der Waals surface area contributed by atoms with E-state index in [-0.39, 0.29) is 11.6 Å². The van der Waals surface area contributed by atoms with Gasteiger partial charge >= 0.3 is 0 Å². The molecule has 1 heterocycles. The molecule has 26 heavy (non-hydrogen) atoms. The maximum Gasteiger partial charge on any atom is 0.249 e. The Bertz CT molecular complexity index is 1180. The van der Waals surface area contributed by atoms with Gasteiger partial charge in [-0.2, -0.15) is 0 Å². The molecule has 0 saturated carbocycles. The lowest BCUT2D eigenvalue weighted by Crippen LogP contribution is -2.11. The lowest BCUT2D eigenvalue weighted by Gasteiger charge is -2.10. The van der Waals surface area contributed by atoms with E-state index in [9.17, 15) is 13.6 Å². The topological polar surface area (TPSA) is 48.0 Å². The van der Waals surface area contributed by atoms with Gasteiger partial charge in [0.15, 0.2) is 0 Å². The molecule has 0 unspecified atom stereocenters. The first-order valence-corrected chi connectivity index (χ1v) is 8.20. The molecule has 3 aromatic carbocycles. The predicted octanol–water partition coefficient (Wildman–Crippen LogP) is 4.67. The van der Waals surface area contributed by atoms with E-state index < -0.39 is 17.5 Å². The molecule has 0 aliphatic heterocycles. The van der Waals surface area contributed by atoms with Gasteiger partial charge in [0.25, 0.3) is 0 Å². The third-order valence-corrected chi connectivity index (χ3v) is 4.68. The zero-order chi connectivity index (χ0) is 18.4. The lowest BCUT2D eigenvalue weighted by molar-refractivity contribution is 0.100. The third-order valence-electron chi connectivity index (χ3n) is 4.38. The smallest absolute Gasteiger partial charge is 0.249 e. The van der Waals surface area contributed by atoms with Gasteiger partial charge in [0, 0.05) is 21.9 Å². The van der Waals surface area contributed by atoms with Crippen molar-refractivity contribution in [2.24, 2.45) is 5.73 Å². The summed E-state index contributed by atoms with van der Waals surface area (Å²) in [5, 5.41) is 1.13. The van der Waals surface area contributed by atoms with Gasteiger partial charge in [-0.1, -0.05) is 29.8 Å². The van der Waals surface area contributed by atoms with E-state index >= 15 is 0 Å². The van der Waals surface area contributed by atoms with E-state index in [1.165, 1.54) is 18.2 Å². The van der Waals surface area contributed by atoms with Crippen molar-refractivity contribution in [2.45, 2.75) is 6.54 Å². The molecular formula is C20H12ClF2N2O. The average Bonchev–Trinajstić information content (AvgIpc) is 2.92. The van der Waals surface area contributed by atoms with Crippen LogP contribution in [-0.4, -0.2) is 10.5 Å². The number of amides is 1. The summed E-state index contributed by atoms with van der Waals surface area (Å²) in [7, 11) is 0.